The molecule has 0 bridgehead atoms. The van der Waals surface area contributed by atoms with E-state index in [0.29, 0.717) is 11.1 Å². The van der Waals surface area contributed by atoms with Crippen molar-refractivity contribution in [2.75, 3.05) is 18.6 Å². The molecule has 0 spiro atoms. The van der Waals surface area contributed by atoms with Gasteiger partial charge in [-0.15, -0.1) is 0 Å². The number of nitriles is 1. The summed E-state index contributed by atoms with van der Waals surface area (Å²) in [6.07, 6.45) is 0.997. The van der Waals surface area contributed by atoms with Crippen LogP contribution in [0.15, 0.2) is 24.3 Å². The van der Waals surface area contributed by atoms with Crippen molar-refractivity contribution in [1.82, 2.24) is 4.90 Å². The molecule has 0 aromatic heterocycles. The standard InChI is InChI=1S/C15H20N2OS/c1-4-19-10-9-12(2)17(3)15(18)14-7-5-13(11-16)6-8-14/h5-8,12H,4,9-10H2,1-3H3/t12-/m1/s1. The molecule has 3 nitrogen and oxygen atoms in total. The van der Waals surface area contributed by atoms with Crippen molar-refractivity contribution in [3.05, 3.63) is 35.4 Å². The fourth-order valence-electron chi connectivity index (χ4n) is 1.68. The molecule has 0 unspecified atom stereocenters. The van der Waals surface area contributed by atoms with E-state index in [9.17, 15) is 4.79 Å². The maximum atomic E-state index is 12.3. The molecule has 0 heterocycles. The predicted molar refractivity (Wildman–Crippen MR) is 80.3 cm³/mol. The lowest BCUT2D eigenvalue weighted by Gasteiger charge is -2.25. The third kappa shape index (κ3) is 4.60. The minimum Gasteiger partial charge on any atom is -0.339 e. The third-order valence-corrected chi connectivity index (χ3v) is 4.06. The van der Waals surface area contributed by atoms with Crippen LogP contribution in [0.3, 0.4) is 0 Å². The van der Waals surface area contributed by atoms with Crippen LogP contribution in [0.5, 0.6) is 0 Å². The van der Waals surface area contributed by atoms with Crippen molar-refractivity contribution >= 4 is 17.7 Å². The van der Waals surface area contributed by atoms with Gasteiger partial charge in [-0.05, 0) is 49.1 Å². The Labute approximate surface area is 119 Å². The molecule has 1 atom stereocenters. The zero-order valence-electron chi connectivity index (χ0n) is 11.7. The van der Waals surface area contributed by atoms with Gasteiger partial charge in [0.05, 0.1) is 11.6 Å². The van der Waals surface area contributed by atoms with Crippen molar-refractivity contribution in [2.24, 2.45) is 0 Å². The smallest absolute Gasteiger partial charge is 0.253 e. The second kappa shape index (κ2) is 7.85. The maximum absolute atomic E-state index is 12.3. The number of rotatable bonds is 6. The van der Waals surface area contributed by atoms with Gasteiger partial charge in [-0.2, -0.15) is 17.0 Å². The monoisotopic (exact) mass is 276 g/mol. The molecule has 0 radical (unpaired) electrons. The van der Waals surface area contributed by atoms with Gasteiger partial charge in [0.25, 0.3) is 5.91 Å². The summed E-state index contributed by atoms with van der Waals surface area (Å²) in [5.41, 5.74) is 1.21. The van der Waals surface area contributed by atoms with Gasteiger partial charge >= 0.3 is 0 Å². The molecule has 0 N–H and O–H groups in total. The zero-order valence-corrected chi connectivity index (χ0v) is 12.5. The van der Waals surface area contributed by atoms with Gasteiger partial charge in [-0.25, -0.2) is 0 Å². The van der Waals surface area contributed by atoms with Gasteiger partial charge < -0.3 is 4.90 Å². The predicted octanol–water partition coefficient (Wildman–Crippen LogP) is 3.16. The van der Waals surface area contributed by atoms with Crippen molar-refractivity contribution in [2.45, 2.75) is 26.3 Å². The minimum atomic E-state index is 0.0125. The van der Waals surface area contributed by atoms with Gasteiger partial charge in [-0.1, -0.05) is 6.92 Å². The lowest BCUT2D eigenvalue weighted by atomic mass is 10.1. The highest BCUT2D eigenvalue weighted by molar-refractivity contribution is 7.99. The quantitative estimate of drug-likeness (QED) is 0.750. The van der Waals surface area contributed by atoms with Crippen LogP contribution < -0.4 is 0 Å². The second-order valence-corrected chi connectivity index (χ2v) is 5.83. The maximum Gasteiger partial charge on any atom is 0.253 e. The van der Waals surface area contributed by atoms with E-state index in [0.717, 1.165) is 17.9 Å². The number of hydrogen-bond donors (Lipinski definition) is 0. The van der Waals surface area contributed by atoms with Crippen LogP contribution in [0.25, 0.3) is 0 Å². The normalized spacial score (nSPS) is 11.7. The Kier molecular flexibility index (Phi) is 6.44. The number of carbonyl (C=O) groups excluding carboxylic acids is 1. The van der Waals surface area contributed by atoms with Gasteiger partial charge in [0.2, 0.25) is 0 Å². The summed E-state index contributed by atoms with van der Waals surface area (Å²) in [6, 6.07) is 9.06. The van der Waals surface area contributed by atoms with Crippen LogP contribution in [0, 0.1) is 11.3 Å². The lowest BCUT2D eigenvalue weighted by Crippen LogP contribution is -2.35. The van der Waals surface area contributed by atoms with E-state index in [1.54, 1.807) is 29.2 Å². The molecule has 1 amide bonds. The first-order valence-electron chi connectivity index (χ1n) is 6.45. The number of nitrogens with zero attached hydrogens (tertiary/aromatic N) is 2. The Morgan fingerprint density at radius 3 is 2.58 bits per heavy atom. The van der Waals surface area contributed by atoms with E-state index in [2.05, 4.69) is 19.9 Å². The third-order valence-electron chi connectivity index (χ3n) is 3.13. The van der Waals surface area contributed by atoms with E-state index in [1.807, 2.05) is 18.8 Å². The Bertz CT molecular complexity index is 450. The first-order valence-corrected chi connectivity index (χ1v) is 7.60. The fourth-order valence-corrected chi connectivity index (χ4v) is 2.48. The van der Waals surface area contributed by atoms with Crippen LogP contribution in [0.2, 0.25) is 0 Å². The SMILES string of the molecule is CCSCC[C@@H](C)N(C)C(=O)c1ccc(C#N)cc1. The minimum absolute atomic E-state index is 0.0125. The molecule has 4 heteroatoms. The molecule has 0 saturated heterocycles. The highest BCUT2D eigenvalue weighted by atomic mass is 32.2. The summed E-state index contributed by atoms with van der Waals surface area (Å²) in [6.45, 7) is 4.21. The summed E-state index contributed by atoms with van der Waals surface area (Å²) in [5.74, 6) is 2.20. The molecule has 0 aliphatic heterocycles. The van der Waals surface area contributed by atoms with E-state index < -0.39 is 0 Å². The summed E-state index contributed by atoms with van der Waals surface area (Å²) < 4.78 is 0. The Balaban J connectivity index is 2.62. The topological polar surface area (TPSA) is 44.1 Å². The molecule has 19 heavy (non-hydrogen) atoms. The van der Waals surface area contributed by atoms with Gasteiger partial charge in [0, 0.05) is 18.7 Å². The molecular weight excluding hydrogens is 256 g/mol. The first kappa shape index (κ1) is 15.6. The molecule has 1 rings (SSSR count). The van der Waals surface area contributed by atoms with Crippen LogP contribution in [-0.2, 0) is 0 Å². The van der Waals surface area contributed by atoms with Crippen LogP contribution in [0.4, 0.5) is 0 Å². The molecule has 0 aliphatic carbocycles. The molecule has 0 aliphatic rings. The lowest BCUT2D eigenvalue weighted by molar-refractivity contribution is 0.0741. The van der Waals surface area contributed by atoms with Gasteiger partial charge in [-0.3, -0.25) is 4.79 Å². The molecule has 102 valence electrons. The van der Waals surface area contributed by atoms with Crippen molar-refractivity contribution in [1.29, 1.82) is 5.26 Å². The molecule has 1 aromatic rings. The molecule has 1 aromatic carbocycles. The average molecular weight is 276 g/mol. The Morgan fingerprint density at radius 1 is 1.42 bits per heavy atom. The van der Waals surface area contributed by atoms with E-state index >= 15 is 0 Å². The van der Waals surface area contributed by atoms with E-state index in [4.69, 9.17) is 5.26 Å². The summed E-state index contributed by atoms with van der Waals surface area (Å²) >= 11 is 1.89. The van der Waals surface area contributed by atoms with Crippen molar-refractivity contribution < 1.29 is 4.79 Å². The largest absolute Gasteiger partial charge is 0.339 e. The Hall–Kier alpha value is -1.47. The number of thioether (sulfide) groups is 1. The summed E-state index contributed by atoms with van der Waals surface area (Å²) in [5, 5.41) is 8.74. The molecule has 0 saturated carbocycles. The van der Waals surface area contributed by atoms with E-state index in [-0.39, 0.29) is 11.9 Å². The molecule has 0 fully saturated rings. The highest BCUT2D eigenvalue weighted by Gasteiger charge is 2.17. The number of carbonyl (C=O) groups is 1. The summed E-state index contributed by atoms with van der Waals surface area (Å²) in [4.78, 5) is 14.0. The average Bonchev–Trinajstić information content (AvgIpc) is 2.46. The number of hydrogen-bond acceptors (Lipinski definition) is 3. The first-order chi connectivity index (χ1) is 9.10. The number of amides is 1. The molecular formula is C15H20N2OS. The fraction of sp³-hybridized carbons (Fsp3) is 0.467. The van der Waals surface area contributed by atoms with Crippen molar-refractivity contribution in [3.8, 4) is 6.07 Å². The van der Waals surface area contributed by atoms with Crippen LogP contribution in [0.1, 0.15) is 36.2 Å². The number of benzene rings is 1. The van der Waals surface area contributed by atoms with Crippen LogP contribution >= 0.6 is 11.8 Å². The summed E-state index contributed by atoms with van der Waals surface area (Å²) in [7, 11) is 1.84. The second-order valence-electron chi connectivity index (χ2n) is 4.44. The highest BCUT2D eigenvalue weighted by Crippen LogP contribution is 2.12. The van der Waals surface area contributed by atoms with Gasteiger partial charge in [0.15, 0.2) is 0 Å². The van der Waals surface area contributed by atoms with Crippen molar-refractivity contribution in [3.63, 3.8) is 0 Å². The zero-order chi connectivity index (χ0) is 14.3. The van der Waals surface area contributed by atoms with E-state index in [1.165, 1.54) is 0 Å². The Morgan fingerprint density at radius 2 is 2.05 bits per heavy atom. The van der Waals surface area contributed by atoms with Gasteiger partial charge in [0.1, 0.15) is 0 Å². The van der Waals surface area contributed by atoms with Crippen LogP contribution in [-0.4, -0.2) is 35.4 Å².